The van der Waals surface area contributed by atoms with Crippen LogP contribution in [-0.4, -0.2) is 82.6 Å². The van der Waals surface area contributed by atoms with Crippen molar-refractivity contribution in [2.75, 3.05) is 26.4 Å². The summed E-state index contributed by atoms with van der Waals surface area (Å²) in [7, 11) is -9.73. The van der Waals surface area contributed by atoms with Gasteiger partial charge in [0.05, 0.1) is 32.0 Å². The maximum atomic E-state index is 12.6. The maximum Gasteiger partial charge on any atom is 0.472 e. The zero-order valence-electron chi connectivity index (χ0n) is 36.9. The van der Waals surface area contributed by atoms with Crippen LogP contribution >= 0.6 is 15.6 Å². The van der Waals surface area contributed by atoms with E-state index in [1.54, 1.807) is 0 Å². The van der Waals surface area contributed by atoms with Gasteiger partial charge in [-0.1, -0.05) is 124 Å². The van der Waals surface area contributed by atoms with Crippen molar-refractivity contribution in [3.63, 3.8) is 0 Å². The van der Waals surface area contributed by atoms with Crippen LogP contribution in [0.1, 0.15) is 129 Å². The van der Waals surface area contributed by atoms with E-state index in [4.69, 9.17) is 28.5 Å². The number of rotatable bonds is 39. The molecular weight excluding hydrogens is 838 g/mol. The highest BCUT2D eigenvalue weighted by Crippen LogP contribution is 2.43. The molecule has 1 fully saturated rings. The Hall–Kier alpha value is -3.00. The lowest BCUT2D eigenvalue weighted by atomic mass is 10.1. The van der Waals surface area contributed by atoms with Crippen LogP contribution in [0.25, 0.3) is 0 Å². The van der Waals surface area contributed by atoms with E-state index < -0.39 is 66.2 Å². The second-order valence-corrected chi connectivity index (χ2v) is 17.3. The fraction of sp³-hybridized carbons (Fsp3) is 0.609. The molecule has 0 saturated carbocycles. The van der Waals surface area contributed by atoms with E-state index >= 15 is 0 Å². The summed E-state index contributed by atoms with van der Waals surface area (Å²) < 4.78 is 53.3. The van der Waals surface area contributed by atoms with Crippen LogP contribution in [0.5, 0.6) is 0 Å². The Balaban J connectivity index is 2.44. The summed E-state index contributed by atoms with van der Waals surface area (Å²) in [5, 5.41) is 9.75. The van der Waals surface area contributed by atoms with E-state index in [-0.39, 0.29) is 12.8 Å². The summed E-state index contributed by atoms with van der Waals surface area (Å²) >= 11 is 0. The van der Waals surface area contributed by atoms with Crippen LogP contribution in [0.3, 0.4) is 0 Å². The number of unbranched alkanes of at least 4 members (excludes halogenated alkanes) is 5. The molecule has 0 aliphatic carbocycles. The van der Waals surface area contributed by atoms with E-state index in [9.17, 15) is 28.7 Å². The number of aliphatic hydroxyl groups excluding tert-OH is 1. The topological polar surface area (TPSA) is 208 Å². The molecule has 0 bridgehead atoms. The van der Waals surface area contributed by atoms with Gasteiger partial charge in [-0.15, -0.1) is 0 Å². The number of epoxide rings is 1. The molecule has 0 aromatic carbocycles. The third kappa shape index (κ3) is 37.5. The lowest BCUT2D eigenvalue weighted by Gasteiger charge is -2.20. The van der Waals surface area contributed by atoms with Gasteiger partial charge in [-0.3, -0.25) is 23.2 Å². The monoisotopic (exact) mass is 912 g/mol. The van der Waals surface area contributed by atoms with Gasteiger partial charge in [0, 0.05) is 12.8 Å². The van der Waals surface area contributed by atoms with Crippen molar-refractivity contribution < 1.29 is 66.3 Å². The molecule has 0 aromatic rings. The summed E-state index contributed by atoms with van der Waals surface area (Å²) in [6.07, 6.45) is 46.0. The average molecular weight is 913 g/mol. The molecule has 14 nitrogen and oxygen atoms in total. The quantitative estimate of drug-likeness (QED) is 0.0149. The minimum atomic E-state index is -4.88. The summed E-state index contributed by atoms with van der Waals surface area (Å²) in [6.45, 7) is 1.46. The van der Waals surface area contributed by atoms with Gasteiger partial charge in [0.1, 0.15) is 12.7 Å². The Labute approximate surface area is 370 Å². The first-order valence-electron chi connectivity index (χ1n) is 22.1. The van der Waals surface area contributed by atoms with Crippen molar-refractivity contribution in [2.24, 2.45) is 0 Å². The Kier molecular flexibility index (Phi) is 34.4. The third-order valence-corrected chi connectivity index (χ3v) is 10.3. The molecule has 1 heterocycles. The highest BCUT2D eigenvalue weighted by molar-refractivity contribution is 7.47. The van der Waals surface area contributed by atoms with Crippen molar-refractivity contribution in [2.45, 2.75) is 154 Å². The number of esters is 2. The first kappa shape index (κ1) is 57.0. The summed E-state index contributed by atoms with van der Waals surface area (Å²) in [5.74, 6) is -1.19. The molecule has 0 amide bonds. The van der Waals surface area contributed by atoms with E-state index in [2.05, 4.69) is 102 Å². The largest absolute Gasteiger partial charge is 0.472 e. The number of hydrogen-bond acceptors (Lipinski definition) is 11. The van der Waals surface area contributed by atoms with Crippen LogP contribution in [0.15, 0.2) is 97.2 Å². The minimum Gasteiger partial charge on any atom is -0.462 e. The third-order valence-electron chi connectivity index (χ3n) is 8.86. The van der Waals surface area contributed by atoms with Gasteiger partial charge in [-0.2, -0.15) is 0 Å². The number of carbonyl (C=O) groups is 2. The number of carbonyl (C=O) groups excluding carboxylic acids is 2. The van der Waals surface area contributed by atoms with Gasteiger partial charge >= 0.3 is 27.6 Å². The molecule has 1 saturated heterocycles. The van der Waals surface area contributed by atoms with Crippen molar-refractivity contribution >= 4 is 27.6 Å². The molecule has 62 heavy (non-hydrogen) atoms. The minimum absolute atomic E-state index is 0.0110. The van der Waals surface area contributed by atoms with Crippen molar-refractivity contribution in [1.82, 2.24) is 0 Å². The van der Waals surface area contributed by atoms with E-state index in [1.807, 2.05) is 18.2 Å². The zero-order chi connectivity index (χ0) is 45.6. The van der Waals surface area contributed by atoms with Gasteiger partial charge in [-0.25, -0.2) is 9.13 Å². The fourth-order valence-corrected chi connectivity index (χ4v) is 6.58. The fourth-order valence-electron chi connectivity index (χ4n) is 5.42. The molecule has 16 heteroatoms. The van der Waals surface area contributed by atoms with Crippen LogP contribution in [0, 0.1) is 0 Å². The molecule has 1 aliphatic heterocycles. The standard InChI is InChI=1S/C46H74O14P2/c1-3-5-7-8-9-10-11-12-13-14-18-21-24-27-31-35-45(48)55-39-42(40-58-62(53,54)57-38-41(47)37-56-61(50,51)52)59-46(49)36-32-28-25-22-19-16-15-17-20-23-26-30-34-44-43(60-44)33-29-6-4-2/h6,9-10,12-13,16-21,25-26,28-30,41-44,47H,3-5,7-8,11,14-15,22-24,27,31-40H2,1-2H3,(H,53,54)(H2,50,51,52)/b10-9-,13-12-,19-16-,20-17-,21-18-,28-25-,29-6-,30-26-/t41-,42+,43?,44?/m0/s1. The van der Waals surface area contributed by atoms with Crippen molar-refractivity contribution in [3.8, 4) is 0 Å². The lowest BCUT2D eigenvalue weighted by molar-refractivity contribution is -0.161. The van der Waals surface area contributed by atoms with E-state index in [0.717, 1.165) is 64.2 Å². The Morgan fingerprint density at radius 1 is 0.565 bits per heavy atom. The molecule has 0 radical (unpaired) electrons. The van der Waals surface area contributed by atoms with Gasteiger partial charge in [0.15, 0.2) is 6.10 Å². The van der Waals surface area contributed by atoms with Gasteiger partial charge < -0.3 is 34.0 Å². The molecule has 1 rings (SSSR count). The second-order valence-electron chi connectivity index (χ2n) is 14.6. The summed E-state index contributed by atoms with van der Waals surface area (Å²) in [6, 6.07) is 0. The number of aliphatic hydroxyl groups is 1. The van der Waals surface area contributed by atoms with Crippen molar-refractivity contribution in [1.29, 1.82) is 0 Å². The molecular formula is C46H74O14P2. The SMILES string of the molecule is CC/C=C\CC1OC1C/C=C\C/C=C\C/C=C\C/C=C\CCC(=O)O[C@H](COC(=O)CCCC/C=C\C/C=C\C/C=C\CCCCC)COP(=O)(O)OC[C@@H](O)COP(=O)(O)O. The molecule has 0 spiro atoms. The van der Waals surface area contributed by atoms with Crippen LogP contribution in [-0.2, 0) is 46.5 Å². The molecule has 352 valence electrons. The van der Waals surface area contributed by atoms with Gasteiger partial charge in [-0.05, 0) is 89.9 Å². The molecule has 0 aromatic heterocycles. The van der Waals surface area contributed by atoms with Crippen molar-refractivity contribution in [3.05, 3.63) is 97.2 Å². The van der Waals surface area contributed by atoms with E-state index in [1.165, 1.54) is 19.3 Å². The normalized spacial score (nSPS) is 18.2. The first-order chi connectivity index (χ1) is 29.8. The highest BCUT2D eigenvalue weighted by Gasteiger charge is 2.36. The predicted octanol–water partition coefficient (Wildman–Crippen LogP) is 10.3. The van der Waals surface area contributed by atoms with Gasteiger partial charge in [0.25, 0.3) is 0 Å². The Morgan fingerprint density at radius 3 is 1.60 bits per heavy atom. The molecule has 5 atom stereocenters. The first-order valence-corrected chi connectivity index (χ1v) is 25.1. The molecule has 3 unspecified atom stereocenters. The number of hydrogen-bond donors (Lipinski definition) is 4. The Morgan fingerprint density at radius 2 is 1.05 bits per heavy atom. The number of allylic oxidation sites excluding steroid dienone is 14. The smallest absolute Gasteiger partial charge is 0.462 e. The number of phosphoric acid groups is 2. The average Bonchev–Trinajstić information content (AvgIpc) is 3.99. The number of ether oxygens (including phenoxy) is 3. The van der Waals surface area contributed by atoms with E-state index in [0.29, 0.717) is 31.5 Å². The molecule has 4 N–H and O–H groups in total. The van der Waals surface area contributed by atoms with Crippen LogP contribution < -0.4 is 0 Å². The predicted molar refractivity (Wildman–Crippen MR) is 243 cm³/mol. The molecule has 1 aliphatic rings. The van der Waals surface area contributed by atoms with Crippen LogP contribution in [0.2, 0.25) is 0 Å². The lowest BCUT2D eigenvalue weighted by Crippen LogP contribution is -2.29. The second kappa shape index (κ2) is 37.4. The number of phosphoric ester groups is 2. The zero-order valence-corrected chi connectivity index (χ0v) is 38.7. The summed E-state index contributed by atoms with van der Waals surface area (Å²) in [4.78, 5) is 52.7. The van der Waals surface area contributed by atoms with Gasteiger partial charge in [0.2, 0.25) is 0 Å². The van der Waals surface area contributed by atoms with Crippen LogP contribution in [0.4, 0.5) is 0 Å². The Bertz CT molecular complexity index is 1530. The summed E-state index contributed by atoms with van der Waals surface area (Å²) in [5.41, 5.74) is 0. The maximum absolute atomic E-state index is 12.6. The highest BCUT2D eigenvalue weighted by atomic mass is 31.2.